The highest BCUT2D eigenvalue weighted by molar-refractivity contribution is 5.82. The van der Waals surface area contributed by atoms with E-state index in [1.54, 1.807) is 13.1 Å². The van der Waals surface area contributed by atoms with E-state index in [1.165, 1.54) is 11.9 Å². The summed E-state index contributed by atoms with van der Waals surface area (Å²) in [6.07, 6.45) is 2.88. The molecule has 2 N–H and O–H groups in total. The Labute approximate surface area is 118 Å². The average Bonchev–Trinajstić information content (AvgIpc) is 2.45. The minimum Gasteiger partial charge on any atom is -0.480 e. The Balaban J connectivity index is 2.65. The van der Waals surface area contributed by atoms with Crippen molar-refractivity contribution in [3.8, 4) is 0 Å². The third-order valence-corrected chi connectivity index (χ3v) is 3.23. The standard InChI is InChI=1S/C14H21N3O3/c1-4-10-7-6-8-15-11(10)9-16-14(20)17(3)12(5-2)13(18)19/h6-8,12H,4-5,9H2,1-3H3,(H,16,20)(H,18,19). The normalized spacial score (nSPS) is 11.8. The molecule has 1 heterocycles. The number of nitrogens with one attached hydrogen (secondary N) is 1. The number of aliphatic carboxylic acids is 1. The summed E-state index contributed by atoms with van der Waals surface area (Å²) in [5.74, 6) is -1.00. The molecular formula is C14H21N3O3. The number of pyridine rings is 1. The van der Waals surface area contributed by atoms with Crippen molar-refractivity contribution in [2.24, 2.45) is 0 Å². The molecule has 0 spiro atoms. The SMILES string of the molecule is CCc1cccnc1CNC(=O)N(C)C(CC)C(=O)O. The first-order chi connectivity index (χ1) is 9.51. The van der Waals surface area contributed by atoms with E-state index in [2.05, 4.69) is 10.3 Å². The number of aryl methyl sites for hydroxylation is 1. The van der Waals surface area contributed by atoms with Gasteiger partial charge in [-0.1, -0.05) is 19.9 Å². The van der Waals surface area contributed by atoms with Crippen LogP contribution in [0.15, 0.2) is 18.3 Å². The average molecular weight is 279 g/mol. The molecule has 0 saturated heterocycles. The molecule has 110 valence electrons. The lowest BCUT2D eigenvalue weighted by Gasteiger charge is -2.24. The lowest BCUT2D eigenvalue weighted by molar-refractivity contribution is -0.141. The Morgan fingerprint density at radius 3 is 2.70 bits per heavy atom. The van der Waals surface area contributed by atoms with Crippen LogP contribution in [-0.2, 0) is 17.8 Å². The maximum atomic E-state index is 11.9. The molecule has 1 atom stereocenters. The minimum absolute atomic E-state index is 0.295. The Morgan fingerprint density at radius 2 is 2.15 bits per heavy atom. The molecule has 0 saturated carbocycles. The number of carbonyl (C=O) groups excluding carboxylic acids is 1. The molecule has 1 unspecified atom stereocenters. The van der Waals surface area contributed by atoms with E-state index in [0.29, 0.717) is 13.0 Å². The third-order valence-electron chi connectivity index (χ3n) is 3.23. The maximum absolute atomic E-state index is 11.9. The van der Waals surface area contributed by atoms with Crippen LogP contribution in [0.2, 0.25) is 0 Å². The topological polar surface area (TPSA) is 82.5 Å². The molecule has 1 aromatic heterocycles. The van der Waals surface area contributed by atoms with Crippen LogP contribution in [0.5, 0.6) is 0 Å². The third kappa shape index (κ3) is 3.94. The van der Waals surface area contributed by atoms with Crippen LogP contribution in [0, 0.1) is 0 Å². The van der Waals surface area contributed by atoms with Crippen molar-refractivity contribution >= 4 is 12.0 Å². The minimum atomic E-state index is -1.00. The van der Waals surface area contributed by atoms with E-state index >= 15 is 0 Å². The number of likely N-dealkylation sites (N-methyl/N-ethyl adjacent to an activating group) is 1. The summed E-state index contributed by atoms with van der Waals surface area (Å²) in [4.78, 5) is 28.4. The van der Waals surface area contributed by atoms with Gasteiger partial charge >= 0.3 is 12.0 Å². The van der Waals surface area contributed by atoms with Crippen LogP contribution in [0.1, 0.15) is 31.5 Å². The zero-order chi connectivity index (χ0) is 15.1. The number of carboxylic acids is 1. The van der Waals surface area contributed by atoms with Crippen LogP contribution in [0.4, 0.5) is 4.79 Å². The van der Waals surface area contributed by atoms with Crippen LogP contribution in [-0.4, -0.2) is 40.1 Å². The summed E-state index contributed by atoms with van der Waals surface area (Å²) in [5, 5.41) is 11.7. The number of urea groups is 1. The fourth-order valence-corrected chi connectivity index (χ4v) is 1.99. The van der Waals surface area contributed by atoms with Crippen molar-refractivity contribution in [2.75, 3.05) is 7.05 Å². The Morgan fingerprint density at radius 1 is 1.45 bits per heavy atom. The van der Waals surface area contributed by atoms with Crippen molar-refractivity contribution in [2.45, 2.75) is 39.3 Å². The summed E-state index contributed by atoms with van der Waals surface area (Å²) in [7, 11) is 1.48. The molecule has 6 nitrogen and oxygen atoms in total. The van der Waals surface area contributed by atoms with Gasteiger partial charge in [0.2, 0.25) is 0 Å². The van der Waals surface area contributed by atoms with Gasteiger partial charge in [-0.2, -0.15) is 0 Å². The zero-order valence-electron chi connectivity index (χ0n) is 12.1. The molecule has 0 aliphatic heterocycles. The molecule has 0 fully saturated rings. The number of rotatable bonds is 6. The van der Waals surface area contributed by atoms with Crippen LogP contribution < -0.4 is 5.32 Å². The number of amides is 2. The van der Waals surface area contributed by atoms with E-state index < -0.39 is 18.0 Å². The summed E-state index contributed by atoms with van der Waals surface area (Å²) >= 11 is 0. The van der Waals surface area contributed by atoms with E-state index in [0.717, 1.165) is 17.7 Å². The summed E-state index contributed by atoms with van der Waals surface area (Å²) in [6.45, 7) is 4.05. The monoisotopic (exact) mass is 279 g/mol. The highest BCUT2D eigenvalue weighted by Gasteiger charge is 2.24. The molecule has 0 aliphatic carbocycles. The van der Waals surface area contributed by atoms with Crippen molar-refractivity contribution in [3.05, 3.63) is 29.6 Å². The fraction of sp³-hybridized carbons (Fsp3) is 0.500. The Hall–Kier alpha value is -2.11. The van der Waals surface area contributed by atoms with Gasteiger partial charge in [-0.15, -0.1) is 0 Å². The molecule has 1 rings (SSSR count). The van der Waals surface area contributed by atoms with Gasteiger partial charge < -0.3 is 15.3 Å². The summed E-state index contributed by atoms with van der Waals surface area (Å²) in [6, 6.07) is 2.59. The van der Waals surface area contributed by atoms with Crippen LogP contribution in [0.3, 0.4) is 0 Å². The van der Waals surface area contributed by atoms with Gasteiger partial charge in [0, 0.05) is 13.2 Å². The molecule has 2 amide bonds. The first-order valence-corrected chi connectivity index (χ1v) is 6.67. The number of hydrogen-bond acceptors (Lipinski definition) is 3. The smallest absolute Gasteiger partial charge is 0.326 e. The second kappa shape index (κ2) is 7.47. The van der Waals surface area contributed by atoms with Crippen LogP contribution in [0.25, 0.3) is 0 Å². The zero-order valence-corrected chi connectivity index (χ0v) is 12.1. The first-order valence-electron chi connectivity index (χ1n) is 6.67. The summed E-state index contributed by atoms with van der Waals surface area (Å²) in [5.41, 5.74) is 1.88. The van der Waals surface area contributed by atoms with E-state index in [-0.39, 0.29) is 0 Å². The van der Waals surface area contributed by atoms with Gasteiger partial charge in [-0.3, -0.25) is 4.98 Å². The second-order valence-corrected chi connectivity index (χ2v) is 4.49. The quantitative estimate of drug-likeness (QED) is 0.829. The molecule has 0 aromatic carbocycles. The number of hydrogen-bond donors (Lipinski definition) is 2. The number of carbonyl (C=O) groups is 2. The number of aromatic nitrogens is 1. The Bertz CT molecular complexity index is 476. The Kier molecular flexibility index (Phi) is 5.96. The molecule has 0 aliphatic rings. The first kappa shape index (κ1) is 15.9. The van der Waals surface area contributed by atoms with Gasteiger partial charge in [0.05, 0.1) is 12.2 Å². The molecule has 6 heteroatoms. The van der Waals surface area contributed by atoms with Gasteiger partial charge in [0.15, 0.2) is 0 Å². The van der Waals surface area contributed by atoms with E-state index in [9.17, 15) is 9.59 Å². The molecular weight excluding hydrogens is 258 g/mol. The van der Waals surface area contributed by atoms with E-state index in [1.807, 2.05) is 19.1 Å². The van der Waals surface area contributed by atoms with Crippen LogP contribution >= 0.6 is 0 Å². The highest BCUT2D eigenvalue weighted by Crippen LogP contribution is 2.07. The molecule has 0 bridgehead atoms. The lowest BCUT2D eigenvalue weighted by Crippen LogP contribution is -2.46. The van der Waals surface area contributed by atoms with Gasteiger partial charge in [0.25, 0.3) is 0 Å². The van der Waals surface area contributed by atoms with Crippen molar-refractivity contribution in [1.29, 1.82) is 0 Å². The fourth-order valence-electron chi connectivity index (χ4n) is 1.99. The molecule has 20 heavy (non-hydrogen) atoms. The van der Waals surface area contributed by atoms with Gasteiger partial charge in [-0.25, -0.2) is 9.59 Å². The molecule has 0 radical (unpaired) electrons. The highest BCUT2D eigenvalue weighted by atomic mass is 16.4. The largest absolute Gasteiger partial charge is 0.480 e. The lowest BCUT2D eigenvalue weighted by atomic mass is 10.1. The van der Waals surface area contributed by atoms with Gasteiger partial charge in [0.1, 0.15) is 6.04 Å². The summed E-state index contributed by atoms with van der Waals surface area (Å²) < 4.78 is 0. The number of carboxylic acid groups (broad SMARTS) is 1. The van der Waals surface area contributed by atoms with Crippen molar-refractivity contribution < 1.29 is 14.7 Å². The van der Waals surface area contributed by atoms with Crippen molar-refractivity contribution in [3.63, 3.8) is 0 Å². The van der Waals surface area contributed by atoms with E-state index in [4.69, 9.17) is 5.11 Å². The van der Waals surface area contributed by atoms with Crippen molar-refractivity contribution in [1.82, 2.24) is 15.2 Å². The number of nitrogens with zero attached hydrogens (tertiary/aromatic N) is 2. The predicted octanol–water partition coefficient (Wildman–Crippen LogP) is 1.65. The second-order valence-electron chi connectivity index (χ2n) is 4.49. The molecule has 1 aromatic rings. The van der Waals surface area contributed by atoms with Gasteiger partial charge in [-0.05, 0) is 24.5 Å². The maximum Gasteiger partial charge on any atom is 0.326 e. The predicted molar refractivity (Wildman–Crippen MR) is 75.3 cm³/mol.